The van der Waals surface area contributed by atoms with Gasteiger partial charge in [-0.05, 0) is 71.2 Å². The largest absolute Gasteiger partial charge is 0.454 e. The molecule has 1 fully saturated rings. The Labute approximate surface area is 220 Å². The SMILES string of the molecule is C=C1CC(N(Cc2ccc3c(c2)OCO3)SI)C1=C.ISNCc1ccc2c(c1)OCO2. The molecule has 0 spiro atoms. The number of nitrogens with one attached hydrogen (secondary N) is 1. The predicted octanol–water partition coefficient (Wildman–Crippen LogP) is 6.60. The number of nitrogens with zero attached hydrogens (tertiary/aromatic N) is 1. The van der Waals surface area contributed by atoms with Crippen molar-refractivity contribution in [1.29, 1.82) is 0 Å². The van der Waals surface area contributed by atoms with Crippen molar-refractivity contribution < 1.29 is 18.9 Å². The van der Waals surface area contributed by atoms with Gasteiger partial charge in [-0.2, -0.15) is 0 Å². The van der Waals surface area contributed by atoms with Gasteiger partial charge in [-0.3, -0.25) is 4.72 Å². The zero-order chi connectivity index (χ0) is 22.5. The lowest BCUT2D eigenvalue weighted by Gasteiger charge is -2.39. The first-order valence-corrected chi connectivity index (χ1v) is 16.5. The van der Waals surface area contributed by atoms with Gasteiger partial charge in [0.05, 0.1) is 0 Å². The molecule has 3 aliphatic rings. The van der Waals surface area contributed by atoms with E-state index >= 15 is 0 Å². The summed E-state index contributed by atoms with van der Waals surface area (Å²) in [4.78, 5) is 0. The van der Waals surface area contributed by atoms with Crippen LogP contribution < -0.4 is 23.7 Å². The average Bonchev–Trinajstić information content (AvgIpc) is 3.48. The summed E-state index contributed by atoms with van der Waals surface area (Å²) in [6, 6.07) is 12.5. The van der Waals surface area contributed by atoms with Crippen molar-refractivity contribution in [2.45, 2.75) is 25.6 Å². The Morgan fingerprint density at radius 3 is 2.06 bits per heavy atom. The molecule has 0 bridgehead atoms. The summed E-state index contributed by atoms with van der Waals surface area (Å²) in [7, 11) is 3.29. The van der Waals surface area contributed by atoms with Crippen LogP contribution >= 0.6 is 60.6 Å². The normalized spacial score (nSPS) is 17.8. The minimum Gasteiger partial charge on any atom is -0.454 e. The van der Waals surface area contributed by atoms with E-state index in [9.17, 15) is 0 Å². The molecule has 1 aliphatic carbocycles. The van der Waals surface area contributed by atoms with Crippen LogP contribution in [-0.2, 0) is 13.1 Å². The van der Waals surface area contributed by atoms with Crippen molar-refractivity contribution in [2.75, 3.05) is 13.6 Å². The smallest absolute Gasteiger partial charge is 0.231 e. The Hall–Kier alpha value is -0.800. The van der Waals surface area contributed by atoms with Crippen molar-refractivity contribution in [1.82, 2.24) is 9.03 Å². The number of halogens is 2. The second-order valence-corrected chi connectivity index (χ2v) is 10.8. The van der Waals surface area contributed by atoms with Gasteiger partial charge in [0.15, 0.2) is 23.0 Å². The molecule has 0 aromatic heterocycles. The number of benzene rings is 2. The molecule has 170 valence electrons. The molecule has 0 amide bonds. The van der Waals surface area contributed by atoms with E-state index in [2.05, 4.69) is 76.7 Å². The molecule has 1 unspecified atom stereocenters. The summed E-state index contributed by atoms with van der Waals surface area (Å²) >= 11 is 4.52. The first kappa shape index (κ1) is 24.3. The average molecular weight is 696 g/mol. The Bertz CT molecular complexity index is 1010. The Morgan fingerprint density at radius 2 is 1.50 bits per heavy atom. The summed E-state index contributed by atoms with van der Waals surface area (Å²) in [5, 5.41) is 0. The van der Waals surface area contributed by atoms with Gasteiger partial charge in [0.2, 0.25) is 13.6 Å². The molecule has 2 heterocycles. The lowest BCUT2D eigenvalue weighted by atomic mass is 9.82. The minimum atomic E-state index is 0.322. The fourth-order valence-electron chi connectivity index (χ4n) is 3.43. The molecule has 1 N–H and O–H groups in total. The van der Waals surface area contributed by atoms with Crippen LogP contribution in [0.3, 0.4) is 0 Å². The van der Waals surface area contributed by atoms with E-state index in [1.54, 1.807) is 18.2 Å². The van der Waals surface area contributed by atoms with Crippen LogP contribution in [0.2, 0.25) is 0 Å². The highest BCUT2D eigenvalue weighted by Gasteiger charge is 2.32. The van der Waals surface area contributed by atoms with Crippen LogP contribution in [0.4, 0.5) is 0 Å². The molecule has 0 saturated heterocycles. The summed E-state index contributed by atoms with van der Waals surface area (Å²) < 4.78 is 26.7. The van der Waals surface area contributed by atoms with Crippen LogP contribution in [0.5, 0.6) is 23.0 Å². The lowest BCUT2D eigenvalue weighted by molar-refractivity contribution is 0.173. The third kappa shape index (κ3) is 5.81. The summed E-state index contributed by atoms with van der Waals surface area (Å²) in [5.74, 6) is 3.36. The first-order valence-electron chi connectivity index (χ1n) is 9.79. The summed E-state index contributed by atoms with van der Waals surface area (Å²) in [6.45, 7) is 10.4. The van der Waals surface area contributed by atoms with Crippen LogP contribution in [0.15, 0.2) is 60.7 Å². The van der Waals surface area contributed by atoms with E-state index in [-0.39, 0.29) is 0 Å². The molecular formula is C22H22I2N2O4S2. The molecule has 2 aromatic rings. The maximum atomic E-state index is 5.41. The third-order valence-corrected chi connectivity index (χ3v) is 8.54. The van der Waals surface area contributed by atoms with Gasteiger partial charge in [0, 0.05) is 61.5 Å². The third-order valence-electron chi connectivity index (χ3n) is 5.28. The Kier molecular flexibility index (Phi) is 8.79. The number of hydrogen-bond donors (Lipinski definition) is 1. The zero-order valence-electron chi connectivity index (χ0n) is 17.1. The van der Waals surface area contributed by atoms with Crippen molar-refractivity contribution in [2.24, 2.45) is 0 Å². The Morgan fingerprint density at radius 1 is 0.906 bits per heavy atom. The van der Waals surface area contributed by atoms with Crippen molar-refractivity contribution >= 4 is 60.6 Å². The van der Waals surface area contributed by atoms with Crippen molar-refractivity contribution in [3.8, 4) is 23.0 Å². The maximum absolute atomic E-state index is 5.41. The molecule has 10 heteroatoms. The lowest BCUT2D eigenvalue weighted by Crippen LogP contribution is -2.37. The van der Waals surface area contributed by atoms with Gasteiger partial charge in [-0.1, -0.05) is 25.3 Å². The maximum Gasteiger partial charge on any atom is 0.231 e. The van der Waals surface area contributed by atoms with E-state index in [0.717, 1.165) is 48.1 Å². The van der Waals surface area contributed by atoms with E-state index in [0.29, 0.717) is 19.6 Å². The second-order valence-electron chi connectivity index (χ2n) is 7.27. The quantitative estimate of drug-likeness (QED) is 0.257. The standard InChI is InChI=1S/C14H14INO2S.C8H8INO2S/c1-9-5-12(10(9)2)16(19-15)7-11-3-4-13-14(6-11)18-8-17-13;9-13-10-4-6-1-2-7-8(3-6)12-5-11-7/h3-4,6,12H,1-2,5,7-8H2;1-3,10H,4-5H2. The van der Waals surface area contributed by atoms with Gasteiger partial charge in [0.1, 0.15) is 0 Å². The topological polar surface area (TPSA) is 52.2 Å². The van der Waals surface area contributed by atoms with E-state index < -0.39 is 0 Å². The zero-order valence-corrected chi connectivity index (χ0v) is 23.1. The number of rotatable bonds is 7. The highest BCUT2D eigenvalue weighted by molar-refractivity contribution is 14.2. The van der Waals surface area contributed by atoms with E-state index in [4.69, 9.17) is 18.9 Å². The van der Waals surface area contributed by atoms with Gasteiger partial charge in [-0.15, -0.1) is 0 Å². The second kappa shape index (κ2) is 11.6. The molecule has 5 rings (SSSR count). The van der Waals surface area contributed by atoms with E-state index in [1.807, 2.05) is 24.3 Å². The number of fused-ring (bicyclic) bond motifs is 2. The highest BCUT2D eigenvalue weighted by atomic mass is 127. The van der Waals surface area contributed by atoms with Crippen LogP contribution in [0.25, 0.3) is 0 Å². The van der Waals surface area contributed by atoms with Gasteiger partial charge in [0.25, 0.3) is 0 Å². The van der Waals surface area contributed by atoms with E-state index in [1.165, 1.54) is 16.7 Å². The Balaban J connectivity index is 0.000000165. The number of ether oxygens (including phenoxy) is 4. The fraction of sp³-hybridized carbons (Fsp3) is 0.273. The first-order chi connectivity index (χ1) is 15.6. The molecule has 6 nitrogen and oxygen atoms in total. The summed E-state index contributed by atoms with van der Waals surface area (Å²) in [6.07, 6.45) is 1.01. The summed E-state index contributed by atoms with van der Waals surface area (Å²) in [5.41, 5.74) is 4.75. The molecule has 32 heavy (non-hydrogen) atoms. The van der Waals surface area contributed by atoms with Crippen molar-refractivity contribution in [3.05, 3.63) is 71.8 Å². The molecule has 0 radical (unpaired) electrons. The molecule has 1 saturated carbocycles. The molecule has 2 aliphatic heterocycles. The molecule has 1 atom stereocenters. The fourth-order valence-corrected chi connectivity index (χ4v) is 5.86. The van der Waals surface area contributed by atoms with Gasteiger partial charge < -0.3 is 18.9 Å². The van der Waals surface area contributed by atoms with Crippen LogP contribution in [-0.4, -0.2) is 23.9 Å². The van der Waals surface area contributed by atoms with Gasteiger partial charge in [-0.25, -0.2) is 4.31 Å². The van der Waals surface area contributed by atoms with Crippen molar-refractivity contribution in [3.63, 3.8) is 0 Å². The van der Waals surface area contributed by atoms with Gasteiger partial charge >= 0.3 is 0 Å². The van der Waals surface area contributed by atoms with Crippen LogP contribution in [0, 0.1) is 0 Å². The van der Waals surface area contributed by atoms with Crippen LogP contribution in [0.1, 0.15) is 17.5 Å². The number of hydrogen-bond acceptors (Lipinski definition) is 8. The highest BCUT2D eigenvalue weighted by Crippen LogP contribution is 2.41. The molecular weight excluding hydrogens is 674 g/mol. The monoisotopic (exact) mass is 696 g/mol. The minimum absolute atomic E-state index is 0.322. The molecule has 2 aromatic carbocycles. The predicted molar refractivity (Wildman–Crippen MR) is 147 cm³/mol.